The van der Waals surface area contributed by atoms with Crippen molar-refractivity contribution in [2.75, 3.05) is 0 Å². The molecule has 1 nitrogen and oxygen atoms in total. The number of rotatable bonds is 3. The Kier molecular flexibility index (Phi) is 4.23. The fourth-order valence-electron chi connectivity index (χ4n) is 4.03. The predicted molar refractivity (Wildman–Crippen MR) is 102 cm³/mol. The van der Waals surface area contributed by atoms with Gasteiger partial charge in [0.05, 0.1) is 0 Å². The predicted octanol–water partition coefficient (Wildman–Crippen LogP) is 5.57. The summed E-state index contributed by atoms with van der Waals surface area (Å²) in [6.07, 6.45) is 1.88. The van der Waals surface area contributed by atoms with E-state index in [0.29, 0.717) is 0 Å². The highest BCUT2D eigenvalue weighted by Gasteiger charge is 2.35. The Bertz CT molecular complexity index is 877. The van der Waals surface area contributed by atoms with Crippen molar-refractivity contribution in [3.05, 3.63) is 107 Å². The summed E-state index contributed by atoms with van der Waals surface area (Å²) in [7, 11) is 0. The van der Waals surface area contributed by atoms with Gasteiger partial charge < -0.3 is 0 Å². The molecule has 0 aliphatic heterocycles. The van der Waals surface area contributed by atoms with Crippen LogP contribution in [0.15, 0.2) is 78.9 Å². The molecule has 4 rings (SSSR count). The maximum absolute atomic E-state index is 13.3. The number of benzene rings is 3. The molecule has 3 aromatic carbocycles. The Morgan fingerprint density at radius 3 is 2.20 bits per heavy atom. The van der Waals surface area contributed by atoms with Crippen LogP contribution in [0.1, 0.15) is 45.0 Å². The van der Waals surface area contributed by atoms with Gasteiger partial charge in [-0.25, -0.2) is 0 Å². The van der Waals surface area contributed by atoms with Crippen LogP contribution >= 0.6 is 0 Å². The van der Waals surface area contributed by atoms with Crippen molar-refractivity contribution in [2.24, 2.45) is 5.92 Å². The molecule has 0 saturated heterocycles. The van der Waals surface area contributed by atoms with E-state index in [4.69, 9.17) is 0 Å². The maximum Gasteiger partial charge on any atom is 0.167 e. The van der Waals surface area contributed by atoms with E-state index >= 15 is 0 Å². The van der Waals surface area contributed by atoms with Crippen LogP contribution in [-0.4, -0.2) is 5.78 Å². The average Bonchev–Trinajstić information content (AvgIpc) is 2.66. The van der Waals surface area contributed by atoms with Gasteiger partial charge in [-0.1, -0.05) is 84.4 Å². The van der Waals surface area contributed by atoms with Crippen molar-refractivity contribution in [2.45, 2.75) is 25.7 Å². The number of hydrogen-bond acceptors (Lipinski definition) is 1. The lowest BCUT2D eigenvalue weighted by molar-refractivity contribution is 0.0889. The minimum absolute atomic E-state index is 0.00000567. The van der Waals surface area contributed by atoms with Crippen LogP contribution in [0.25, 0.3) is 0 Å². The van der Waals surface area contributed by atoms with Crippen molar-refractivity contribution >= 4 is 5.78 Å². The number of aryl methyl sites for hydroxylation is 2. The van der Waals surface area contributed by atoms with Crippen LogP contribution in [0.5, 0.6) is 0 Å². The van der Waals surface area contributed by atoms with Crippen LogP contribution < -0.4 is 0 Å². The normalized spacial score (nSPS) is 17.8. The third-order valence-electron chi connectivity index (χ3n) is 5.34. The molecule has 124 valence electrons. The molecule has 0 fully saturated rings. The highest BCUT2D eigenvalue weighted by molar-refractivity contribution is 6.01. The molecule has 25 heavy (non-hydrogen) atoms. The first-order valence-corrected chi connectivity index (χ1v) is 8.97. The molecule has 0 saturated carbocycles. The van der Waals surface area contributed by atoms with Crippen molar-refractivity contribution in [3.8, 4) is 0 Å². The fraction of sp³-hybridized carbons (Fsp3) is 0.208. The molecule has 1 aliphatic carbocycles. The Hall–Kier alpha value is -2.67. The van der Waals surface area contributed by atoms with Crippen molar-refractivity contribution in [3.63, 3.8) is 0 Å². The summed E-state index contributed by atoms with van der Waals surface area (Å²) in [5.41, 5.74) is 5.81. The van der Waals surface area contributed by atoms with Gasteiger partial charge in [0.25, 0.3) is 0 Å². The van der Waals surface area contributed by atoms with E-state index in [9.17, 15) is 4.79 Å². The van der Waals surface area contributed by atoms with Crippen LogP contribution in [0, 0.1) is 12.8 Å². The molecule has 1 aliphatic rings. The first-order valence-electron chi connectivity index (χ1n) is 8.97. The summed E-state index contributed by atoms with van der Waals surface area (Å²) in [5, 5.41) is 0. The van der Waals surface area contributed by atoms with Gasteiger partial charge in [-0.05, 0) is 36.5 Å². The van der Waals surface area contributed by atoms with E-state index in [1.54, 1.807) is 0 Å². The maximum atomic E-state index is 13.3. The Morgan fingerprint density at radius 2 is 1.44 bits per heavy atom. The van der Waals surface area contributed by atoms with E-state index in [1.807, 2.05) is 24.3 Å². The van der Waals surface area contributed by atoms with Gasteiger partial charge in [0, 0.05) is 17.4 Å². The van der Waals surface area contributed by atoms with Crippen molar-refractivity contribution in [1.82, 2.24) is 0 Å². The van der Waals surface area contributed by atoms with Gasteiger partial charge in [-0.15, -0.1) is 0 Å². The van der Waals surface area contributed by atoms with E-state index in [0.717, 1.165) is 18.4 Å². The van der Waals surface area contributed by atoms with Crippen molar-refractivity contribution in [1.29, 1.82) is 0 Å². The molecule has 0 heterocycles. The number of carbonyl (C=O) groups excluding carboxylic acids is 1. The summed E-state index contributed by atoms with van der Waals surface area (Å²) in [4.78, 5) is 13.3. The summed E-state index contributed by atoms with van der Waals surface area (Å²) in [5.74, 6) is 0.402. The lowest BCUT2D eigenvalue weighted by Gasteiger charge is -2.31. The minimum Gasteiger partial charge on any atom is -0.294 e. The van der Waals surface area contributed by atoms with Crippen LogP contribution in [-0.2, 0) is 6.42 Å². The monoisotopic (exact) mass is 326 g/mol. The second-order valence-electron chi connectivity index (χ2n) is 6.97. The number of Topliss-reactive ketones (excluding diaryl/α,β-unsaturated/α-hetero) is 1. The molecular formula is C24H22O. The van der Waals surface area contributed by atoms with E-state index in [-0.39, 0.29) is 17.6 Å². The first kappa shape index (κ1) is 15.8. The number of fused-ring (bicyclic) bond motifs is 1. The quantitative estimate of drug-likeness (QED) is 0.615. The number of ketones is 1. The lowest BCUT2D eigenvalue weighted by Crippen LogP contribution is -2.28. The molecule has 0 spiro atoms. The number of hydrogen-bond donors (Lipinski definition) is 0. The van der Waals surface area contributed by atoms with Gasteiger partial charge in [0.2, 0.25) is 0 Å². The zero-order valence-corrected chi connectivity index (χ0v) is 14.5. The smallest absolute Gasteiger partial charge is 0.167 e. The Balaban J connectivity index is 1.79. The summed E-state index contributed by atoms with van der Waals surface area (Å²) in [6, 6.07) is 27.2. The van der Waals surface area contributed by atoms with Crippen LogP contribution in [0.4, 0.5) is 0 Å². The highest BCUT2D eigenvalue weighted by Crippen LogP contribution is 2.39. The largest absolute Gasteiger partial charge is 0.294 e. The summed E-state index contributed by atoms with van der Waals surface area (Å²) in [6.45, 7) is 2.10. The zero-order chi connectivity index (χ0) is 17.2. The zero-order valence-electron chi connectivity index (χ0n) is 14.5. The van der Waals surface area contributed by atoms with E-state index < -0.39 is 0 Å². The van der Waals surface area contributed by atoms with Gasteiger partial charge in [0.1, 0.15) is 0 Å². The molecular weight excluding hydrogens is 304 g/mol. The van der Waals surface area contributed by atoms with Crippen LogP contribution in [0.3, 0.4) is 0 Å². The minimum atomic E-state index is 0.00000567. The standard InChI is InChI=1S/C24H22O/c1-17-11-13-20(14-12-17)23(19-8-3-2-4-9-19)22-16-15-18-7-5-6-10-21(18)24(22)25/h2-14,22-23H,15-16H2,1H3/t22-,23+/m0/s1. The summed E-state index contributed by atoms with van der Waals surface area (Å²) < 4.78 is 0. The third-order valence-corrected chi connectivity index (χ3v) is 5.34. The molecule has 0 unspecified atom stereocenters. The molecule has 0 bridgehead atoms. The molecule has 0 radical (unpaired) electrons. The van der Waals surface area contributed by atoms with Crippen LogP contribution in [0.2, 0.25) is 0 Å². The molecule has 1 heteroatoms. The van der Waals surface area contributed by atoms with Gasteiger partial charge >= 0.3 is 0 Å². The van der Waals surface area contributed by atoms with E-state index in [1.165, 1.54) is 22.3 Å². The molecule has 0 amide bonds. The Labute approximate surface area is 149 Å². The topological polar surface area (TPSA) is 17.1 Å². The lowest BCUT2D eigenvalue weighted by atomic mass is 9.71. The second-order valence-corrected chi connectivity index (χ2v) is 6.97. The van der Waals surface area contributed by atoms with Crippen molar-refractivity contribution < 1.29 is 4.79 Å². The van der Waals surface area contributed by atoms with E-state index in [2.05, 4.69) is 61.5 Å². The molecule has 0 aromatic heterocycles. The molecule has 2 atom stereocenters. The highest BCUT2D eigenvalue weighted by atomic mass is 16.1. The fourth-order valence-corrected chi connectivity index (χ4v) is 4.03. The van der Waals surface area contributed by atoms with Gasteiger partial charge in [-0.2, -0.15) is 0 Å². The Morgan fingerprint density at radius 1 is 0.800 bits per heavy atom. The first-order chi connectivity index (χ1) is 12.2. The molecule has 3 aromatic rings. The average molecular weight is 326 g/mol. The van der Waals surface area contributed by atoms with Gasteiger partial charge in [0.15, 0.2) is 5.78 Å². The number of carbonyl (C=O) groups is 1. The summed E-state index contributed by atoms with van der Waals surface area (Å²) >= 11 is 0. The van der Waals surface area contributed by atoms with Gasteiger partial charge in [-0.3, -0.25) is 4.79 Å². The molecule has 0 N–H and O–H groups in total. The third kappa shape index (κ3) is 3.02. The SMILES string of the molecule is Cc1ccc([C@@H](c2ccccc2)[C@@H]2CCc3ccccc3C2=O)cc1. The second kappa shape index (κ2) is 6.68.